The summed E-state index contributed by atoms with van der Waals surface area (Å²) in [5.41, 5.74) is 0.414. The van der Waals surface area contributed by atoms with E-state index in [0.29, 0.717) is 5.41 Å². The highest BCUT2D eigenvalue weighted by atomic mass is 16.5. The maximum atomic E-state index is 5.74. The van der Waals surface area contributed by atoms with Crippen LogP contribution >= 0.6 is 0 Å². The van der Waals surface area contributed by atoms with Gasteiger partial charge in [0, 0.05) is 18.6 Å². The maximum absolute atomic E-state index is 5.74. The first kappa shape index (κ1) is 15.0. The molecule has 0 bridgehead atoms. The van der Waals surface area contributed by atoms with Crippen molar-refractivity contribution in [1.29, 1.82) is 0 Å². The van der Waals surface area contributed by atoms with Crippen LogP contribution in [0.1, 0.15) is 53.4 Å². The quantitative estimate of drug-likeness (QED) is 0.737. The first-order valence-corrected chi connectivity index (χ1v) is 7.32. The third kappa shape index (κ3) is 5.87. The van der Waals surface area contributed by atoms with Gasteiger partial charge in [0.2, 0.25) is 0 Å². The van der Waals surface area contributed by atoms with Gasteiger partial charge in [-0.05, 0) is 37.6 Å². The first-order valence-electron chi connectivity index (χ1n) is 7.32. The standard InChI is InChI=1S/C15H31NO/c1-13(2)6-8-15(7-5-9-17-12-15)11-16-10-14(3)4/h13-14,16H,5-12H2,1-4H3. The molecule has 2 heteroatoms. The van der Waals surface area contributed by atoms with Crippen LogP contribution in [0.4, 0.5) is 0 Å². The zero-order chi connectivity index (χ0) is 12.7. The van der Waals surface area contributed by atoms with E-state index in [9.17, 15) is 0 Å². The van der Waals surface area contributed by atoms with Gasteiger partial charge in [-0.1, -0.05) is 34.1 Å². The Morgan fingerprint density at radius 1 is 1.18 bits per heavy atom. The Morgan fingerprint density at radius 2 is 1.94 bits per heavy atom. The maximum Gasteiger partial charge on any atom is 0.0534 e. The second-order valence-electron chi connectivity index (χ2n) is 6.61. The predicted octanol–water partition coefficient (Wildman–Crippen LogP) is 3.47. The second kappa shape index (κ2) is 7.38. The average molecular weight is 241 g/mol. The van der Waals surface area contributed by atoms with Crippen molar-refractivity contribution in [3.8, 4) is 0 Å². The molecule has 1 aliphatic heterocycles. The van der Waals surface area contributed by atoms with Crippen LogP contribution in [0, 0.1) is 17.3 Å². The van der Waals surface area contributed by atoms with Crippen molar-refractivity contribution in [3.05, 3.63) is 0 Å². The number of ether oxygens (including phenoxy) is 1. The predicted molar refractivity (Wildman–Crippen MR) is 74.3 cm³/mol. The van der Waals surface area contributed by atoms with E-state index in [-0.39, 0.29) is 0 Å². The molecular formula is C15H31NO. The van der Waals surface area contributed by atoms with Gasteiger partial charge in [-0.3, -0.25) is 0 Å². The molecule has 0 amide bonds. The van der Waals surface area contributed by atoms with Crippen LogP contribution in [-0.4, -0.2) is 26.3 Å². The molecule has 1 aliphatic rings. The Kier molecular flexibility index (Phi) is 6.50. The lowest BCUT2D eigenvalue weighted by Gasteiger charge is -2.38. The average Bonchev–Trinajstić information content (AvgIpc) is 2.27. The minimum atomic E-state index is 0.414. The number of hydrogen-bond donors (Lipinski definition) is 1. The van der Waals surface area contributed by atoms with Crippen molar-refractivity contribution in [2.24, 2.45) is 17.3 Å². The minimum Gasteiger partial charge on any atom is -0.381 e. The monoisotopic (exact) mass is 241 g/mol. The third-order valence-corrected chi connectivity index (χ3v) is 3.71. The number of hydrogen-bond acceptors (Lipinski definition) is 2. The van der Waals surface area contributed by atoms with E-state index in [1.807, 2.05) is 0 Å². The Hall–Kier alpha value is -0.0800. The summed E-state index contributed by atoms with van der Waals surface area (Å²) in [6.07, 6.45) is 5.22. The van der Waals surface area contributed by atoms with Gasteiger partial charge in [-0.2, -0.15) is 0 Å². The van der Waals surface area contributed by atoms with Crippen molar-refractivity contribution in [3.63, 3.8) is 0 Å². The zero-order valence-electron chi connectivity index (χ0n) is 12.2. The summed E-state index contributed by atoms with van der Waals surface area (Å²) in [5, 5.41) is 3.64. The van der Waals surface area contributed by atoms with Gasteiger partial charge in [0.05, 0.1) is 6.61 Å². The summed E-state index contributed by atoms with van der Waals surface area (Å²) in [6.45, 7) is 13.4. The van der Waals surface area contributed by atoms with Crippen LogP contribution in [0.2, 0.25) is 0 Å². The highest BCUT2D eigenvalue weighted by Crippen LogP contribution is 2.34. The summed E-state index contributed by atoms with van der Waals surface area (Å²) < 4.78 is 5.74. The molecule has 0 aromatic rings. The molecule has 0 saturated carbocycles. The lowest BCUT2D eigenvalue weighted by Crippen LogP contribution is -2.42. The van der Waals surface area contributed by atoms with E-state index in [1.165, 1.54) is 25.7 Å². The van der Waals surface area contributed by atoms with E-state index in [2.05, 4.69) is 33.0 Å². The summed E-state index contributed by atoms with van der Waals surface area (Å²) in [4.78, 5) is 0. The lowest BCUT2D eigenvalue weighted by molar-refractivity contribution is -0.0148. The molecule has 0 aliphatic carbocycles. The van der Waals surface area contributed by atoms with Crippen LogP contribution in [0.3, 0.4) is 0 Å². The summed E-state index contributed by atoms with van der Waals surface area (Å²) in [5.74, 6) is 1.54. The van der Waals surface area contributed by atoms with Crippen LogP contribution in [0.15, 0.2) is 0 Å². The second-order valence-corrected chi connectivity index (χ2v) is 6.61. The third-order valence-electron chi connectivity index (χ3n) is 3.71. The Balaban J connectivity index is 2.40. The molecule has 1 rings (SSSR count). The van der Waals surface area contributed by atoms with Crippen molar-refractivity contribution in [2.45, 2.75) is 53.4 Å². The molecule has 1 unspecified atom stereocenters. The molecule has 0 spiro atoms. The topological polar surface area (TPSA) is 21.3 Å². The zero-order valence-corrected chi connectivity index (χ0v) is 12.2. The highest BCUT2D eigenvalue weighted by molar-refractivity contribution is 4.84. The van der Waals surface area contributed by atoms with Crippen LogP contribution in [0.25, 0.3) is 0 Å². The van der Waals surface area contributed by atoms with Crippen molar-refractivity contribution >= 4 is 0 Å². The molecule has 1 heterocycles. The van der Waals surface area contributed by atoms with Crippen LogP contribution < -0.4 is 5.32 Å². The summed E-state index contributed by atoms with van der Waals surface area (Å²) in [7, 11) is 0. The van der Waals surface area contributed by atoms with Crippen molar-refractivity contribution in [2.75, 3.05) is 26.3 Å². The van der Waals surface area contributed by atoms with Gasteiger partial charge in [0.1, 0.15) is 0 Å². The SMILES string of the molecule is CC(C)CCC1(CNCC(C)C)CCCOC1. The van der Waals surface area contributed by atoms with E-state index in [0.717, 1.165) is 38.1 Å². The van der Waals surface area contributed by atoms with Crippen LogP contribution in [-0.2, 0) is 4.74 Å². The van der Waals surface area contributed by atoms with Crippen molar-refractivity contribution < 1.29 is 4.74 Å². The molecule has 0 radical (unpaired) electrons. The Labute approximate surface area is 108 Å². The fourth-order valence-corrected chi connectivity index (χ4v) is 2.56. The van der Waals surface area contributed by atoms with Crippen LogP contribution in [0.5, 0.6) is 0 Å². The first-order chi connectivity index (χ1) is 8.04. The fraction of sp³-hybridized carbons (Fsp3) is 1.00. The smallest absolute Gasteiger partial charge is 0.0534 e. The Bertz CT molecular complexity index is 195. The molecule has 17 heavy (non-hydrogen) atoms. The lowest BCUT2D eigenvalue weighted by atomic mass is 9.77. The molecule has 0 aromatic carbocycles. The Morgan fingerprint density at radius 3 is 2.47 bits per heavy atom. The largest absolute Gasteiger partial charge is 0.381 e. The van der Waals surface area contributed by atoms with Crippen molar-refractivity contribution in [1.82, 2.24) is 5.32 Å². The molecule has 1 N–H and O–H groups in total. The molecule has 2 nitrogen and oxygen atoms in total. The molecular weight excluding hydrogens is 210 g/mol. The highest BCUT2D eigenvalue weighted by Gasteiger charge is 2.32. The van der Waals surface area contributed by atoms with Gasteiger partial charge in [0.15, 0.2) is 0 Å². The minimum absolute atomic E-state index is 0.414. The van der Waals surface area contributed by atoms with Gasteiger partial charge in [-0.15, -0.1) is 0 Å². The number of rotatable bonds is 7. The van der Waals surface area contributed by atoms with E-state index >= 15 is 0 Å². The van der Waals surface area contributed by atoms with E-state index in [4.69, 9.17) is 4.74 Å². The van der Waals surface area contributed by atoms with Gasteiger partial charge < -0.3 is 10.1 Å². The molecule has 102 valence electrons. The summed E-state index contributed by atoms with van der Waals surface area (Å²) in [6, 6.07) is 0. The van der Waals surface area contributed by atoms with E-state index < -0.39 is 0 Å². The van der Waals surface area contributed by atoms with Gasteiger partial charge >= 0.3 is 0 Å². The van der Waals surface area contributed by atoms with Gasteiger partial charge in [0.25, 0.3) is 0 Å². The van der Waals surface area contributed by atoms with E-state index in [1.54, 1.807) is 0 Å². The summed E-state index contributed by atoms with van der Waals surface area (Å²) >= 11 is 0. The molecule has 0 aromatic heterocycles. The molecule has 1 atom stereocenters. The fourth-order valence-electron chi connectivity index (χ4n) is 2.56. The molecule has 1 fully saturated rings. The molecule has 1 saturated heterocycles. The van der Waals surface area contributed by atoms with Gasteiger partial charge in [-0.25, -0.2) is 0 Å². The number of nitrogens with one attached hydrogen (secondary N) is 1. The normalized spacial score (nSPS) is 25.8.